The largest absolute Gasteiger partial charge is 0.452 e. The molecule has 0 spiro atoms. The van der Waals surface area contributed by atoms with Crippen LogP contribution in [0.15, 0.2) is 94.5 Å². The molecule has 10 nitrogen and oxygen atoms in total. The molecule has 0 radical (unpaired) electrons. The number of nitrogens with zero attached hydrogens (tertiary/aromatic N) is 2. The summed E-state index contributed by atoms with van der Waals surface area (Å²) in [7, 11) is 0. The maximum atomic E-state index is 13.1. The Hall–Kier alpha value is -5.12. The molecule has 0 saturated carbocycles. The fraction of sp³-hybridized carbons (Fsp3) is 0.143. The number of likely N-dealkylation sites (N-methyl/N-ethyl adjacent to an activating group) is 1. The molecule has 1 heterocycles. The fourth-order valence-corrected chi connectivity index (χ4v) is 3.95. The van der Waals surface area contributed by atoms with Gasteiger partial charge in [-0.1, -0.05) is 60.7 Å². The molecule has 0 unspecified atom stereocenters. The average molecular weight is 514 g/mol. The van der Waals surface area contributed by atoms with Crippen LogP contribution >= 0.6 is 0 Å². The van der Waals surface area contributed by atoms with Crippen LogP contribution in [0, 0.1) is 0 Å². The number of H-pyrrole nitrogens is 1. The number of amides is 1. The summed E-state index contributed by atoms with van der Waals surface area (Å²) in [6.45, 7) is 1.16. The summed E-state index contributed by atoms with van der Waals surface area (Å²) in [4.78, 5) is 54.4. The summed E-state index contributed by atoms with van der Waals surface area (Å²) in [6, 6.07) is 25.1. The smallest absolute Gasteiger partial charge is 0.340 e. The fourth-order valence-electron chi connectivity index (χ4n) is 3.95. The van der Waals surface area contributed by atoms with Crippen molar-refractivity contribution in [2.75, 3.05) is 29.1 Å². The molecule has 0 atom stereocenters. The van der Waals surface area contributed by atoms with Crippen LogP contribution in [-0.4, -0.2) is 34.6 Å². The van der Waals surface area contributed by atoms with Gasteiger partial charge in [0.05, 0.1) is 17.8 Å². The van der Waals surface area contributed by atoms with Crippen LogP contribution in [0.4, 0.5) is 22.9 Å². The molecule has 0 saturated heterocycles. The Kier molecular flexibility index (Phi) is 8.02. The minimum atomic E-state index is -0.809. The number of anilines is 4. The van der Waals surface area contributed by atoms with Crippen molar-refractivity contribution in [3.8, 4) is 0 Å². The highest BCUT2D eigenvalue weighted by Gasteiger charge is 2.24. The first-order chi connectivity index (χ1) is 18.4. The van der Waals surface area contributed by atoms with Gasteiger partial charge < -0.3 is 20.7 Å². The highest BCUT2D eigenvalue weighted by molar-refractivity contribution is 6.00. The first-order valence-electron chi connectivity index (χ1n) is 11.9. The van der Waals surface area contributed by atoms with Gasteiger partial charge in [-0.3, -0.25) is 19.1 Å². The Bertz CT molecular complexity index is 1550. The lowest BCUT2D eigenvalue weighted by Gasteiger charge is -2.23. The quantitative estimate of drug-likeness (QED) is 0.292. The van der Waals surface area contributed by atoms with Gasteiger partial charge in [-0.25, -0.2) is 9.59 Å². The van der Waals surface area contributed by atoms with E-state index in [1.165, 1.54) is 4.57 Å². The van der Waals surface area contributed by atoms with Crippen LogP contribution in [0.5, 0.6) is 0 Å². The maximum Gasteiger partial charge on any atom is 0.340 e. The highest BCUT2D eigenvalue weighted by atomic mass is 16.5. The number of nitrogens with two attached hydrogens (primary N) is 1. The van der Waals surface area contributed by atoms with Crippen molar-refractivity contribution in [3.63, 3.8) is 0 Å². The van der Waals surface area contributed by atoms with E-state index in [9.17, 15) is 19.2 Å². The van der Waals surface area contributed by atoms with E-state index >= 15 is 0 Å². The molecule has 1 amide bonds. The Morgan fingerprint density at radius 3 is 2.26 bits per heavy atom. The first-order valence-corrected chi connectivity index (χ1v) is 11.9. The minimum absolute atomic E-state index is 0.0549. The van der Waals surface area contributed by atoms with E-state index in [-0.39, 0.29) is 30.2 Å². The van der Waals surface area contributed by atoms with E-state index in [4.69, 9.17) is 10.5 Å². The molecular weight excluding hydrogens is 486 g/mol. The number of nitrogen functional groups attached to an aromatic ring is 1. The van der Waals surface area contributed by atoms with Crippen molar-refractivity contribution in [2.24, 2.45) is 0 Å². The number of carbonyl (C=O) groups is 2. The van der Waals surface area contributed by atoms with Gasteiger partial charge in [0.15, 0.2) is 12.3 Å². The molecule has 3 aromatic carbocycles. The predicted octanol–water partition coefficient (Wildman–Crippen LogP) is 3.12. The van der Waals surface area contributed by atoms with Crippen LogP contribution < -0.4 is 27.2 Å². The zero-order valence-electron chi connectivity index (χ0n) is 20.7. The van der Waals surface area contributed by atoms with Crippen LogP contribution in [0.3, 0.4) is 0 Å². The number of hydrogen-bond donors (Lipinski definition) is 3. The maximum absolute atomic E-state index is 13.1. The molecule has 38 heavy (non-hydrogen) atoms. The van der Waals surface area contributed by atoms with Crippen LogP contribution in [-0.2, 0) is 16.1 Å². The zero-order valence-corrected chi connectivity index (χ0v) is 20.7. The molecule has 4 rings (SSSR count). The van der Waals surface area contributed by atoms with Crippen LogP contribution in [0.2, 0.25) is 0 Å². The van der Waals surface area contributed by atoms with Gasteiger partial charge in [0.25, 0.3) is 11.5 Å². The minimum Gasteiger partial charge on any atom is -0.452 e. The van der Waals surface area contributed by atoms with E-state index in [0.29, 0.717) is 5.69 Å². The topological polar surface area (TPSA) is 140 Å². The molecule has 194 valence electrons. The van der Waals surface area contributed by atoms with Crippen molar-refractivity contribution in [1.82, 2.24) is 9.55 Å². The number of esters is 1. The number of carbonyl (C=O) groups excluding carboxylic acids is 2. The lowest BCUT2D eigenvalue weighted by Crippen LogP contribution is -2.42. The third kappa shape index (κ3) is 5.81. The van der Waals surface area contributed by atoms with Crippen LogP contribution in [0.25, 0.3) is 0 Å². The monoisotopic (exact) mass is 513 g/mol. The molecule has 0 aliphatic heterocycles. The second-order valence-corrected chi connectivity index (χ2v) is 8.32. The van der Waals surface area contributed by atoms with Crippen molar-refractivity contribution < 1.29 is 14.3 Å². The second kappa shape index (κ2) is 11.7. The van der Waals surface area contributed by atoms with E-state index < -0.39 is 29.7 Å². The number of aromatic nitrogens is 2. The van der Waals surface area contributed by atoms with Gasteiger partial charge in [0, 0.05) is 12.2 Å². The summed E-state index contributed by atoms with van der Waals surface area (Å²) >= 11 is 0. The lowest BCUT2D eigenvalue weighted by atomic mass is 10.1. The molecule has 4 aromatic rings. The second-order valence-electron chi connectivity index (χ2n) is 8.32. The summed E-state index contributed by atoms with van der Waals surface area (Å²) in [5.41, 5.74) is 6.84. The van der Waals surface area contributed by atoms with Gasteiger partial charge in [0.1, 0.15) is 5.82 Å². The average Bonchev–Trinajstić information content (AvgIpc) is 2.93. The number of benzene rings is 3. The molecule has 0 aliphatic carbocycles. The Labute approximate surface area is 218 Å². The summed E-state index contributed by atoms with van der Waals surface area (Å²) in [6.07, 6.45) is 0. The molecular formula is C28H27N5O5. The number of ether oxygens (including phenoxy) is 1. The SMILES string of the molecule is CCN(C(=O)COC(=O)c1ccccc1Nc1ccccc1)c1c(N)n(Cc2ccccc2)c(=O)[nH]c1=O. The van der Waals surface area contributed by atoms with Crippen molar-refractivity contribution in [3.05, 3.63) is 117 Å². The van der Waals surface area contributed by atoms with E-state index in [0.717, 1.165) is 16.2 Å². The lowest BCUT2D eigenvalue weighted by molar-refractivity contribution is -0.121. The molecule has 0 fully saturated rings. The van der Waals surface area contributed by atoms with E-state index in [1.54, 1.807) is 31.2 Å². The zero-order chi connectivity index (χ0) is 27.1. The number of para-hydroxylation sites is 2. The standard InChI is InChI=1S/C28H27N5O5/c1-2-32(24-25(29)33(28(37)31-26(24)35)17-19-11-5-3-6-12-19)23(34)18-38-27(36)21-15-9-10-16-22(21)30-20-13-7-4-8-14-20/h3-16,30H,2,17-18,29H2,1H3,(H,31,35,37). The summed E-state index contributed by atoms with van der Waals surface area (Å²) < 4.78 is 6.49. The summed E-state index contributed by atoms with van der Waals surface area (Å²) in [5.74, 6) is -1.55. The normalized spacial score (nSPS) is 10.6. The number of nitrogens with one attached hydrogen (secondary N) is 2. The molecule has 0 aliphatic rings. The summed E-state index contributed by atoms with van der Waals surface area (Å²) in [5, 5.41) is 3.16. The number of aromatic amines is 1. The van der Waals surface area contributed by atoms with Gasteiger partial charge in [-0.05, 0) is 36.8 Å². The molecule has 1 aromatic heterocycles. The van der Waals surface area contributed by atoms with E-state index in [2.05, 4.69) is 10.3 Å². The highest BCUT2D eigenvalue weighted by Crippen LogP contribution is 2.22. The Morgan fingerprint density at radius 2 is 1.58 bits per heavy atom. The van der Waals surface area contributed by atoms with E-state index in [1.807, 2.05) is 60.7 Å². The van der Waals surface area contributed by atoms with Gasteiger partial charge >= 0.3 is 11.7 Å². The molecule has 0 bridgehead atoms. The van der Waals surface area contributed by atoms with Gasteiger partial charge in [-0.15, -0.1) is 0 Å². The first kappa shape index (κ1) is 26.0. The van der Waals surface area contributed by atoms with Gasteiger partial charge in [0.2, 0.25) is 0 Å². The number of hydrogen-bond acceptors (Lipinski definition) is 7. The third-order valence-electron chi connectivity index (χ3n) is 5.81. The van der Waals surface area contributed by atoms with Crippen molar-refractivity contribution >= 4 is 34.8 Å². The van der Waals surface area contributed by atoms with Crippen molar-refractivity contribution in [1.29, 1.82) is 0 Å². The predicted molar refractivity (Wildman–Crippen MR) is 146 cm³/mol. The molecule has 4 N–H and O–H groups in total. The Balaban J connectivity index is 1.53. The molecule has 10 heteroatoms. The van der Waals surface area contributed by atoms with Crippen molar-refractivity contribution in [2.45, 2.75) is 13.5 Å². The van der Waals surface area contributed by atoms with Crippen LogP contribution in [0.1, 0.15) is 22.8 Å². The van der Waals surface area contributed by atoms with Gasteiger partial charge in [-0.2, -0.15) is 0 Å². The Morgan fingerprint density at radius 1 is 0.947 bits per heavy atom. The third-order valence-corrected chi connectivity index (χ3v) is 5.81. The number of rotatable bonds is 9.